The molecule has 14 heteroatoms. The van der Waals surface area contributed by atoms with Crippen molar-refractivity contribution in [3.63, 3.8) is 0 Å². The van der Waals surface area contributed by atoms with Crippen molar-refractivity contribution in [3.05, 3.63) is 69.2 Å². The van der Waals surface area contributed by atoms with E-state index in [1.165, 1.54) is 23.2 Å². The van der Waals surface area contributed by atoms with Crippen LogP contribution in [0.1, 0.15) is 50.3 Å². The Balaban J connectivity index is 1.45. The number of aromatic nitrogens is 2. The molecule has 2 aromatic carbocycles. The van der Waals surface area contributed by atoms with Gasteiger partial charge in [0, 0.05) is 36.3 Å². The van der Waals surface area contributed by atoms with Crippen LogP contribution in [0.5, 0.6) is 0 Å². The highest BCUT2D eigenvalue weighted by atomic mass is 35.5. The maximum absolute atomic E-state index is 16.0. The number of fused-ring (bicyclic) bond motifs is 1. The van der Waals surface area contributed by atoms with Crippen LogP contribution in [0.15, 0.2) is 47.5 Å². The number of aromatic amines is 1. The fraction of sp³-hybridized carbons (Fsp3) is 0.400. The maximum atomic E-state index is 16.0. The number of H-pyrrole nitrogens is 1. The summed E-state index contributed by atoms with van der Waals surface area (Å²) in [7, 11) is 0. The van der Waals surface area contributed by atoms with Gasteiger partial charge in [0.05, 0.1) is 28.7 Å². The van der Waals surface area contributed by atoms with E-state index in [4.69, 9.17) is 16.3 Å². The number of thioether (sulfide) groups is 1. The number of hydrogen-bond donors (Lipinski definition) is 1. The first-order chi connectivity index (χ1) is 20.5. The summed E-state index contributed by atoms with van der Waals surface area (Å²) in [6.45, 7) is 4.68. The first-order valence-electron chi connectivity index (χ1n) is 13.8. The minimum Gasteiger partial charge on any atom is -0.444 e. The average molecular weight is 653 g/mol. The third-order valence-corrected chi connectivity index (χ3v) is 8.66. The van der Waals surface area contributed by atoms with Crippen molar-refractivity contribution in [2.45, 2.75) is 57.5 Å². The quantitative estimate of drug-likeness (QED) is 0.225. The number of benzene rings is 2. The Bertz CT molecular complexity index is 1660. The number of carbonyl (C=O) groups is 3. The van der Waals surface area contributed by atoms with Crippen LogP contribution in [0, 0.1) is 0 Å². The molecule has 0 spiro atoms. The summed E-state index contributed by atoms with van der Waals surface area (Å²) in [6.07, 6.45) is -4.38. The number of allylic oxidation sites excluding steroid dienone is 1. The van der Waals surface area contributed by atoms with E-state index in [1.807, 2.05) is 0 Å². The Morgan fingerprint density at radius 3 is 2.48 bits per heavy atom. The monoisotopic (exact) mass is 652 g/mol. The van der Waals surface area contributed by atoms with Crippen molar-refractivity contribution >= 4 is 57.1 Å². The Hall–Kier alpha value is -3.58. The predicted octanol–water partition coefficient (Wildman–Crippen LogP) is 7.62. The zero-order chi connectivity index (χ0) is 32.0. The number of rotatable bonds is 5. The number of piperidine rings is 1. The van der Waals surface area contributed by atoms with Crippen LogP contribution in [0.3, 0.4) is 0 Å². The van der Waals surface area contributed by atoms with Gasteiger partial charge in [0.25, 0.3) is 11.1 Å². The largest absolute Gasteiger partial charge is 0.444 e. The molecule has 3 aromatic rings. The van der Waals surface area contributed by atoms with Crippen LogP contribution in [0.4, 0.5) is 27.2 Å². The van der Waals surface area contributed by atoms with E-state index < -0.39 is 46.8 Å². The third-order valence-electron chi connectivity index (χ3n) is 7.41. The molecule has 2 saturated heterocycles. The van der Waals surface area contributed by atoms with E-state index in [0.717, 1.165) is 11.0 Å². The van der Waals surface area contributed by atoms with Crippen molar-refractivity contribution < 1.29 is 36.7 Å². The van der Waals surface area contributed by atoms with Crippen LogP contribution in [-0.4, -0.2) is 68.1 Å². The number of nitrogens with zero attached hydrogens (tertiary/aromatic N) is 3. The zero-order valence-corrected chi connectivity index (χ0v) is 25.6. The molecular weight excluding hydrogens is 624 g/mol. The number of nitrogens with one attached hydrogen (secondary N) is 1. The van der Waals surface area contributed by atoms with Gasteiger partial charge in [0.1, 0.15) is 11.3 Å². The zero-order valence-electron chi connectivity index (χ0n) is 24.1. The van der Waals surface area contributed by atoms with Gasteiger partial charge in [0.15, 0.2) is 0 Å². The molecule has 0 radical (unpaired) electrons. The second kappa shape index (κ2) is 11.7. The van der Waals surface area contributed by atoms with Gasteiger partial charge in [-0.3, -0.25) is 19.6 Å². The fourth-order valence-electron chi connectivity index (χ4n) is 5.18. The molecule has 1 N–H and O–H groups in total. The first-order valence-corrected chi connectivity index (χ1v) is 15.0. The summed E-state index contributed by atoms with van der Waals surface area (Å²) < 4.78 is 63.3. The van der Waals surface area contributed by atoms with Gasteiger partial charge in [0.2, 0.25) is 0 Å². The van der Waals surface area contributed by atoms with Crippen LogP contribution in [0.2, 0.25) is 5.02 Å². The molecule has 2 aliphatic heterocycles. The van der Waals surface area contributed by atoms with Crippen molar-refractivity contribution in [1.29, 1.82) is 0 Å². The molecule has 3 heterocycles. The molecule has 5 rings (SSSR count). The van der Waals surface area contributed by atoms with Gasteiger partial charge in [-0.05, 0) is 79.9 Å². The van der Waals surface area contributed by atoms with Crippen molar-refractivity contribution in [1.82, 2.24) is 20.0 Å². The van der Waals surface area contributed by atoms with E-state index in [-0.39, 0.29) is 53.4 Å². The van der Waals surface area contributed by atoms with Crippen LogP contribution in [0.25, 0.3) is 16.5 Å². The number of hydrogen-bond acceptors (Lipinski definition) is 6. The SMILES string of the molecule is CC(C)(C)OC(=O)N1CCC(F)(CN2C(=O)SC(=C(Cc3ccc(Cl)cc3C(F)(F)F)c3ccc4[nH]ncc4c3)C2=O)CC1. The molecular formula is C30H29ClF4N4O4S. The average Bonchev–Trinajstić information content (AvgIpc) is 3.50. The summed E-state index contributed by atoms with van der Waals surface area (Å²) >= 11 is 6.44. The van der Waals surface area contributed by atoms with E-state index in [2.05, 4.69) is 10.2 Å². The molecule has 0 saturated carbocycles. The number of likely N-dealkylation sites (tertiary alicyclic amines) is 1. The summed E-state index contributed by atoms with van der Waals surface area (Å²) in [5.41, 5.74) is -2.54. The van der Waals surface area contributed by atoms with E-state index in [9.17, 15) is 27.6 Å². The van der Waals surface area contributed by atoms with Crippen molar-refractivity contribution in [2.75, 3.05) is 19.6 Å². The lowest BCUT2D eigenvalue weighted by molar-refractivity contribution is -0.138. The minimum absolute atomic E-state index is 0.0320. The Morgan fingerprint density at radius 2 is 1.82 bits per heavy atom. The van der Waals surface area contributed by atoms with E-state index in [1.54, 1.807) is 39.0 Å². The summed E-state index contributed by atoms with van der Waals surface area (Å²) in [5, 5.41) is 6.58. The van der Waals surface area contributed by atoms with E-state index >= 15 is 4.39 Å². The molecule has 3 amide bonds. The highest BCUT2D eigenvalue weighted by Gasteiger charge is 2.45. The van der Waals surface area contributed by atoms with E-state index in [0.29, 0.717) is 28.2 Å². The molecule has 0 atom stereocenters. The molecule has 0 bridgehead atoms. The summed E-state index contributed by atoms with van der Waals surface area (Å²) in [4.78, 5) is 41.4. The van der Waals surface area contributed by atoms with Crippen LogP contribution in [-0.2, 0) is 22.1 Å². The Kier molecular flexibility index (Phi) is 8.49. The highest BCUT2D eigenvalue weighted by molar-refractivity contribution is 8.18. The number of imide groups is 1. The second-order valence-corrected chi connectivity index (χ2v) is 13.2. The topological polar surface area (TPSA) is 95.6 Å². The van der Waals surface area contributed by atoms with Gasteiger partial charge in [-0.25, -0.2) is 9.18 Å². The van der Waals surface area contributed by atoms with Gasteiger partial charge < -0.3 is 9.64 Å². The maximum Gasteiger partial charge on any atom is 0.416 e. The van der Waals surface area contributed by atoms with Gasteiger partial charge in [-0.1, -0.05) is 23.7 Å². The molecule has 8 nitrogen and oxygen atoms in total. The van der Waals surface area contributed by atoms with Crippen molar-refractivity contribution in [2.24, 2.45) is 0 Å². The summed E-state index contributed by atoms with van der Waals surface area (Å²) in [5.74, 6) is -0.795. The molecule has 0 aliphatic carbocycles. The number of ether oxygens (including phenoxy) is 1. The molecule has 234 valence electrons. The normalized spacial score (nSPS) is 18.7. The Morgan fingerprint density at radius 1 is 1.11 bits per heavy atom. The van der Waals surface area contributed by atoms with Crippen LogP contribution >= 0.6 is 23.4 Å². The van der Waals surface area contributed by atoms with Gasteiger partial charge in [-0.15, -0.1) is 0 Å². The standard InChI is InChI=1S/C30H29ClF4N4O4S/c1-28(2,3)43-26(41)38-10-8-29(32,9-11-38)16-39-25(40)24(44-27(39)42)21(17-5-7-23-19(12-17)15-36-37-23)13-18-4-6-20(31)14-22(18)30(33,34)35/h4-7,12,14-15H,8-11,13,16H2,1-3H3,(H,36,37). The molecule has 1 aromatic heterocycles. The number of carbonyl (C=O) groups excluding carboxylic acids is 3. The number of halogens is 5. The number of amides is 3. The highest BCUT2D eigenvalue weighted by Crippen LogP contribution is 2.42. The smallest absolute Gasteiger partial charge is 0.416 e. The summed E-state index contributed by atoms with van der Waals surface area (Å²) in [6, 6.07) is 8.33. The van der Waals surface area contributed by atoms with Gasteiger partial charge in [-0.2, -0.15) is 18.3 Å². The Labute approximate surface area is 259 Å². The molecule has 2 fully saturated rings. The predicted molar refractivity (Wildman–Crippen MR) is 159 cm³/mol. The number of alkyl halides is 4. The van der Waals surface area contributed by atoms with Crippen molar-refractivity contribution in [3.8, 4) is 0 Å². The lowest BCUT2D eigenvalue weighted by Gasteiger charge is -2.38. The lowest BCUT2D eigenvalue weighted by Crippen LogP contribution is -2.51. The molecule has 0 unspecified atom stereocenters. The lowest BCUT2D eigenvalue weighted by atomic mass is 9.92. The fourth-order valence-corrected chi connectivity index (χ4v) is 6.29. The third kappa shape index (κ3) is 6.88. The second-order valence-electron chi connectivity index (χ2n) is 11.8. The molecule has 2 aliphatic rings. The minimum atomic E-state index is -4.73. The molecule has 44 heavy (non-hydrogen) atoms. The van der Waals surface area contributed by atoms with Crippen LogP contribution < -0.4 is 0 Å². The van der Waals surface area contributed by atoms with Gasteiger partial charge >= 0.3 is 12.3 Å². The first kappa shape index (κ1) is 31.8.